The maximum Gasteiger partial charge on any atom is 0.297 e. The highest BCUT2D eigenvalue weighted by Crippen LogP contribution is 2.31. The molecule has 4 rings (SSSR count). The predicted molar refractivity (Wildman–Crippen MR) is 151 cm³/mol. The van der Waals surface area contributed by atoms with Crippen molar-refractivity contribution in [3.05, 3.63) is 59.2 Å². The third-order valence-electron chi connectivity index (χ3n) is 6.72. The molecule has 3 amide bonds. The standard InChI is InChI=1S/C28H34N2O10S2/c1-20-5-7-21(8-6-20)42(35,36)40-16-15-38-12-11-37-13-14-39-17-18-41(34)25-4-2-3-22-23(25)19-30(28(22)33)24-9-10-26(31)29-27(24)32/h2-8,24H,9-19H2,1H3,(H,29,31,32). The Morgan fingerprint density at radius 1 is 0.905 bits per heavy atom. The second kappa shape index (κ2) is 14.9. The number of carbonyl (C=O) groups is 3. The quantitative estimate of drug-likeness (QED) is 0.165. The molecule has 2 aromatic carbocycles. The fourth-order valence-electron chi connectivity index (χ4n) is 4.53. The Hall–Kier alpha value is -3.01. The van der Waals surface area contributed by atoms with Gasteiger partial charge in [0.25, 0.3) is 16.0 Å². The maximum absolute atomic E-state index is 13.0. The Morgan fingerprint density at radius 2 is 1.55 bits per heavy atom. The van der Waals surface area contributed by atoms with E-state index in [0.29, 0.717) is 22.6 Å². The lowest BCUT2D eigenvalue weighted by Crippen LogP contribution is -2.52. The number of aryl methyl sites for hydroxylation is 1. The molecule has 1 saturated heterocycles. The fraction of sp³-hybridized carbons (Fsp3) is 0.464. The summed E-state index contributed by atoms with van der Waals surface area (Å²) in [5, 5.41) is 2.28. The minimum absolute atomic E-state index is 0.0941. The van der Waals surface area contributed by atoms with Crippen LogP contribution in [0.3, 0.4) is 0 Å². The number of imide groups is 1. The van der Waals surface area contributed by atoms with Gasteiger partial charge in [-0.3, -0.25) is 28.1 Å². The van der Waals surface area contributed by atoms with Crippen LogP contribution in [0.25, 0.3) is 0 Å². The van der Waals surface area contributed by atoms with Crippen LogP contribution >= 0.6 is 0 Å². The summed E-state index contributed by atoms with van der Waals surface area (Å²) >= 11 is 0. The van der Waals surface area contributed by atoms with E-state index in [9.17, 15) is 27.0 Å². The number of fused-ring (bicyclic) bond motifs is 1. The number of piperidine rings is 1. The van der Waals surface area contributed by atoms with Crippen LogP contribution in [-0.2, 0) is 55.4 Å². The molecular weight excluding hydrogens is 588 g/mol. The molecule has 0 bridgehead atoms. The van der Waals surface area contributed by atoms with Crippen LogP contribution < -0.4 is 5.32 Å². The number of benzene rings is 2. The van der Waals surface area contributed by atoms with Gasteiger partial charge in [-0.15, -0.1) is 0 Å². The van der Waals surface area contributed by atoms with Crippen LogP contribution in [0.15, 0.2) is 52.3 Å². The van der Waals surface area contributed by atoms with E-state index in [2.05, 4.69) is 5.32 Å². The van der Waals surface area contributed by atoms with Gasteiger partial charge in [0, 0.05) is 29.0 Å². The van der Waals surface area contributed by atoms with E-state index >= 15 is 0 Å². The van der Waals surface area contributed by atoms with Gasteiger partial charge >= 0.3 is 0 Å². The number of nitrogens with one attached hydrogen (secondary N) is 1. The molecule has 0 aromatic heterocycles. The molecule has 12 nitrogen and oxygen atoms in total. The third kappa shape index (κ3) is 8.30. The largest absolute Gasteiger partial charge is 0.378 e. The second-order valence-corrected chi connectivity index (χ2v) is 12.8. The highest BCUT2D eigenvalue weighted by atomic mass is 32.2. The summed E-state index contributed by atoms with van der Waals surface area (Å²) in [6.45, 7) is 3.35. The number of rotatable bonds is 16. The summed E-state index contributed by atoms with van der Waals surface area (Å²) in [5.41, 5.74) is 2.00. The third-order valence-corrected chi connectivity index (χ3v) is 9.45. The lowest BCUT2D eigenvalue weighted by atomic mass is 10.0. The summed E-state index contributed by atoms with van der Waals surface area (Å²) in [7, 11) is -5.24. The highest BCUT2D eigenvalue weighted by Gasteiger charge is 2.40. The Labute approximate surface area is 247 Å². The molecule has 0 aliphatic carbocycles. The molecule has 2 heterocycles. The van der Waals surface area contributed by atoms with Gasteiger partial charge in [-0.25, -0.2) is 0 Å². The van der Waals surface area contributed by atoms with Crippen molar-refractivity contribution in [2.24, 2.45) is 0 Å². The highest BCUT2D eigenvalue weighted by molar-refractivity contribution is 7.86. The molecular formula is C28H34N2O10S2. The van der Waals surface area contributed by atoms with Gasteiger partial charge in [0.15, 0.2) is 0 Å². The van der Waals surface area contributed by atoms with Gasteiger partial charge in [0.05, 0.1) is 67.7 Å². The molecule has 2 aliphatic rings. The average Bonchev–Trinajstić information content (AvgIpc) is 3.29. The summed E-state index contributed by atoms with van der Waals surface area (Å²) in [4.78, 5) is 38.8. The van der Waals surface area contributed by atoms with Gasteiger partial charge < -0.3 is 19.1 Å². The van der Waals surface area contributed by atoms with Crippen molar-refractivity contribution in [3.63, 3.8) is 0 Å². The first-order chi connectivity index (χ1) is 20.2. The first kappa shape index (κ1) is 31.9. The summed E-state index contributed by atoms with van der Waals surface area (Å²) in [5.74, 6) is -0.931. The van der Waals surface area contributed by atoms with Gasteiger partial charge in [-0.1, -0.05) is 23.8 Å². The fourth-order valence-corrected chi connectivity index (χ4v) is 6.59. The van der Waals surface area contributed by atoms with Crippen molar-refractivity contribution in [1.29, 1.82) is 0 Å². The maximum atomic E-state index is 13.0. The second-order valence-electron chi connectivity index (χ2n) is 9.66. The zero-order chi connectivity index (χ0) is 30.1. The zero-order valence-electron chi connectivity index (χ0n) is 23.2. The summed E-state index contributed by atoms with van der Waals surface area (Å²) in [6.07, 6.45) is 0.428. The van der Waals surface area contributed by atoms with E-state index in [1.54, 1.807) is 30.3 Å². The van der Waals surface area contributed by atoms with Crippen molar-refractivity contribution < 1.29 is 45.4 Å². The number of hydrogen-bond acceptors (Lipinski definition) is 10. The molecule has 2 aromatic rings. The Bertz CT molecular complexity index is 1410. The SMILES string of the molecule is Cc1ccc(S(=O)(=O)OCCOCCOCCOCCS(=O)c2cccc3c2CN(C2CCC(=O)NC2=O)C3=O)cc1. The summed E-state index contributed by atoms with van der Waals surface area (Å²) < 4.78 is 58.5. The van der Waals surface area contributed by atoms with Gasteiger partial charge in [0.2, 0.25) is 11.8 Å². The zero-order valence-corrected chi connectivity index (χ0v) is 24.9. The monoisotopic (exact) mass is 622 g/mol. The van der Waals surface area contributed by atoms with Crippen molar-refractivity contribution >= 4 is 38.6 Å². The van der Waals surface area contributed by atoms with Gasteiger partial charge in [-0.05, 0) is 37.6 Å². The number of nitrogens with zero attached hydrogens (tertiary/aromatic N) is 1. The molecule has 1 fully saturated rings. The normalized spacial score (nSPS) is 17.8. The molecule has 0 radical (unpaired) electrons. The number of ether oxygens (including phenoxy) is 3. The van der Waals surface area contributed by atoms with Crippen molar-refractivity contribution in [2.75, 3.05) is 52.0 Å². The predicted octanol–water partition coefficient (Wildman–Crippen LogP) is 1.32. The number of carbonyl (C=O) groups excluding carboxylic acids is 3. The van der Waals surface area contributed by atoms with E-state index in [4.69, 9.17) is 18.4 Å². The van der Waals surface area contributed by atoms with E-state index in [0.717, 1.165) is 5.56 Å². The Balaban J connectivity index is 1.08. The van der Waals surface area contributed by atoms with Crippen LogP contribution in [0.2, 0.25) is 0 Å². The first-order valence-electron chi connectivity index (χ1n) is 13.5. The van der Waals surface area contributed by atoms with Crippen LogP contribution in [0, 0.1) is 6.92 Å². The number of hydrogen-bond donors (Lipinski definition) is 1. The molecule has 14 heteroatoms. The van der Waals surface area contributed by atoms with E-state index in [1.165, 1.54) is 17.0 Å². The molecule has 42 heavy (non-hydrogen) atoms. The lowest BCUT2D eigenvalue weighted by Gasteiger charge is -2.29. The molecule has 2 aliphatic heterocycles. The first-order valence-corrected chi connectivity index (χ1v) is 16.2. The van der Waals surface area contributed by atoms with Crippen molar-refractivity contribution in [1.82, 2.24) is 10.2 Å². The molecule has 0 saturated carbocycles. The topological polar surface area (TPSA) is 155 Å². The minimum Gasteiger partial charge on any atom is -0.378 e. The van der Waals surface area contributed by atoms with Gasteiger partial charge in [0.1, 0.15) is 6.04 Å². The van der Waals surface area contributed by atoms with Crippen molar-refractivity contribution in [2.45, 2.75) is 42.1 Å². The molecule has 228 valence electrons. The van der Waals surface area contributed by atoms with Crippen molar-refractivity contribution in [3.8, 4) is 0 Å². The van der Waals surface area contributed by atoms with E-state index < -0.39 is 32.9 Å². The molecule has 2 atom stereocenters. The van der Waals surface area contributed by atoms with E-state index in [-0.39, 0.29) is 81.5 Å². The minimum atomic E-state index is -3.82. The number of amides is 3. The van der Waals surface area contributed by atoms with Crippen LogP contribution in [0.1, 0.15) is 34.3 Å². The van der Waals surface area contributed by atoms with Gasteiger partial charge in [-0.2, -0.15) is 8.42 Å². The lowest BCUT2D eigenvalue weighted by molar-refractivity contribution is -0.136. The Morgan fingerprint density at radius 3 is 2.21 bits per heavy atom. The average molecular weight is 623 g/mol. The van der Waals surface area contributed by atoms with Crippen LogP contribution in [0.4, 0.5) is 0 Å². The van der Waals surface area contributed by atoms with Crippen LogP contribution in [-0.4, -0.2) is 93.3 Å². The van der Waals surface area contributed by atoms with Crippen LogP contribution in [0.5, 0.6) is 0 Å². The summed E-state index contributed by atoms with van der Waals surface area (Å²) in [6, 6.07) is 10.7. The smallest absolute Gasteiger partial charge is 0.297 e. The molecule has 1 N–H and O–H groups in total. The molecule has 2 unspecified atom stereocenters. The molecule has 0 spiro atoms. The Kier molecular flexibility index (Phi) is 11.4. The van der Waals surface area contributed by atoms with E-state index in [1.807, 2.05) is 6.92 Å².